The van der Waals surface area contributed by atoms with Crippen LogP contribution in [0.2, 0.25) is 0 Å². The van der Waals surface area contributed by atoms with Gasteiger partial charge in [0, 0.05) is 5.92 Å². The highest BCUT2D eigenvalue weighted by molar-refractivity contribution is 4.90. The maximum atomic E-state index is 12.4. The normalized spacial score (nSPS) is 36.0. The van der Waals surface area contributed by atoms with Crippen LogP contribution in [-0.2, 0) is 9.47 Å². The van der Waals surface area contributed by atoms with Crippen molar-refractivity contribution in [2.24, 2.45) is 29.6 Å². The van der Waals surface area contributed by atoms with Crippen molar-refractivity contribution >= 4 is 0 Å². The highest BCUT2D eigenvalue weighted by Crippen LogP contribution is 2.37. The molecule has 3 fully saturated rings. The minimum absolute atomic E-state index is 0.00363. The topological polar surface area (TPSA) is 18.5 Å². The SMILES string of the molecule is CCCC1CCC(C2COC(CCCCC3CCC(C=C(F)F)CC3)OC2)CC1. The fraction of sp³-hybridized carbons (Fsp3) is 0.920. The van der Waals surface area contributed by atoms with Crippen molar-refractivity contribution in [3.8, 4) is 0 Å². The van der Waals surface area contributed by atoms with Gasteiger partial charge in [0.2, 0.25) is 0 Å². The fourth-order valence-electron chi connectivity index (χ4n) is 5.92. The molecule has 3 rings (SSSR count). The summed E-state index contributed by atoms with van der Waals surface area (Å²) >= 11 is 0. The second kappa shape index (κ2) is 12.4. The van der Waals surface area contributed by atoms with Crippen LogP contribution < -0.4 is 0 Å². The van der Waals surface area contributed by atoms with E-state index in [9.17, 15) is 8.78 Å². The number of hydrogen-bond acceptors (Lipinski definition) is 2. The Morgan fingerprint density at radius 2 is 1.34 bits per heavy atom. The first-order valence-electron chi connectivity index (χ1n) is 12.4. The number of hydrogen-bond donors (Lipinski definition) is 0. The van der Waals surface area contributed by atoms with Gasteiger partial charge in [0.25, 0.3) is 6.08 Å². The Morgan fingerprint density at radius 1 is 0.759 bits per heavy atom. The second-order valence-electron chi connectivity index (χ2n) is 9.95. The molecule has 2 nitrogen and oxygen atoms in total. The highest BCUT2D eigenvalue weighted by atomic mass is 19.3. The molecule has 1 saturated heterocycles. The Bertz CT molecular complexity index is 467. The Balaban J connectivity index is 1.22. The van der Waals surface area contributed by atoms with Gasteiger partial charge in [-0.3, -0.25) is 0 Å². The molecule has 0 bridgehead atoms. The van der Waals surface area contributed by atoms with Crippen LogP contribution in [0.3, 0.4) is 0 Å². The molecule has 0 amide bonds. The van der Waals surface area contributed by atoms with Gasteiger partial charge in [-0.15, -0.1) is 0 Å². The quantitative estimate of drug-likeness (QED) is 0.361. The maximum absolute atomic E-state index is 12.4. The van der Waals surface area contributed by atoms with E-state index >= 15 is 0 Å². The Labute approximate surface area is 176 Å². The van der Waals surface area contributed by atoms with Gasteiger partial charge >= 0.3 is 0 Å². The smallest absolute Gasteiger partial charge is 0.266 e. The molecule has 29 heavy (non-hydrogen) atoms. The van der Waals surface area contributed by atoms with Gasteiger partial charge in [-0.2, -0.15) is 8.78 Å². The maximum Gasteiger partial charge on any atom is 0.266 e. The average Bonchev–Trinajstić information content (AvgIpc) is 2.73. The lowest BCUT2D eigenvalue weighted by molar-refractivity contribution is -0.212. The molecule has 0 aromatic rings. The van der Waals surface area contributed by atoms with Crippen LogP contribution in [0.25, 0.3) is 0 Å². The molecule has 2 saturated carbocycles. The summed E-state index contributed by atoms with van der Waals surface area (Å²) in [6.45, 7) is 4.07. The van der Waals surface area contributed by atoms with Gasteiger partial charge in [0.15, 0.2) is 6.29 Å². The van der Waals surface area contributed by atoms with Crippen LogP contribution in [0, 0.1) is 29.6 Å². The Hall–Kier alpha value is -0.480. The first-order chi connectivity index (χ1) is 14.1. The van der Waals surface area contributed by atoms with Crippen LogP contribution in [0.1, 0.15) is 96.8 Å². The summed E-state index contributed by atoms with van der Waals surface area (Å²) in [5, 5.41) is 0. The molecular weight excluding hydrogens is 370 g/mol. The Morgan fingerprint density at radius 3 is 1.97 bits per heavy atom. The third kappa shape index (κ3) is 7.94. The Kier molecular flexibility index (Phi) is 9.91. The van der Waals surface area contributed by atoms with E-state index in [1.165, 1.54) is 51.4 Å². The third-order valence-electron chi connectivity index (χ3n) is 7.80. The van der Waals surface area contributed by atoms with Gasteiger partial charge < -0.3 is 9.47 Å². The molecule has 0 N–H and O–H groups in total. The molecule has 168 valence electrons. The number of halogens is 2. The summed E-state index contributed by atoms with van der Waals surface area (Å²) in [5.74, 6) is 3.20. The predicted octanol–water partition coefficient (Wildman–Crippen LogP) is 7.73. The van der Waals surface area contributed by atoms with E-state index in [1.54, 1.807) is 0 Å². The molecule has 2 aliphatic carbocycles. The number of unbranched alkanes of at least 4 members (excludes halogenated alkanes) is 1. The van der Waals surface area contributed by atoms with E-state index in [4.69, 9.17) is 9.47 Å². The first-order valence-corrected chi connectivity index (χ1v) is 12.4. The van der Waals surface area contributed by atoms with Gasteiger partial charge in [-0.25, -0.2) is 0 Å². The van der Waals surface area contributed by atoms with Crippen molar-refractivity contribution in [1.29, 1.82) is 0 Å². The van der Waals surface area contributed by atoms with Crippen LogP contribution in [0.15, 0.2) is 12.2 Å². The van der Waals surface area contributed by atoms with E-state index in [-0.39, 0.29) is 12.2 Å². The number of ether oxygens (including phenoxy) is 2. The van der Waals surface area contributed by atoms with Crippen molar-refractivity contribution in [2.75, 3.05) is 13.2 Å². The summed E-state index contributed by atoms with van der Waals surface area (Å²) in [7, 11) is 0. The van der Waals surface area contributed by atoms with Crippen molar-refractivity contribution in [2.45, 2.75) is 103 Å². The van der Waals surface area contributed by atoms with Crippen LogP contribution in [0.5, 0.6) is 0 Å². The predicted molar refractivity (Wildman–Crippen MR) is 114 cm³/mol. The van der Waals surface area contributed by atoms with E-state index in [0.29, 0.717) is 5.92 Å². The van der Waals surface area contributed by atoms with Gasteiger partial charge in [0.1, 0.15) is 0 Å². The van der Waals surface area contributed by atoms with Gasteiger partial charge in [-0.1, -0.05) is 45.4 Å². The third-order valence-corrected chi connectivity index (χ3v) is 7.80. The van der Waals surface area contributed by atoms with Crippen LogP contribution in [-0.4, -0.2) is 19.5 Å². The van der Waals surface area contributed by atoms with E-state index in [1.807, 2.05) is 0 Å². The lowest BCUT2D eigenvalue weighted by Gasteiger charge is -2.37. The summed E-state index contributed by atoms with van der Waals surface area (Å²) in [6, 6.07) is 0. The van der Waals surface area contributed by atoms with E-state index in [2.05, 4.69) is 6.92 Å². The van der Waals surface area contributed by atoms with Crippen molar-refractivity contribution < 1.29 is 18.3 Å². The van der Waals surface area contributed by atoms with Crippen LogP contribution >= 0.6 is 0 Å². The minimum atomic E-state index is -1.51. The first kappa shape index (κ1) is 23.2. The summed E-state index contributed by atoms with van der Waals surface area (Å²) < 4.78 is 36.8. The standard InChI is InChI=1S/C25H42F2O2/c1-2-5-19-12-14-22(15-13-19)23-17-28-25(29-18-23)7-4-3-6-20-8-10-21(11-9-20)16-24(26)27/h16,19-23,25H,2-15,17-18H2,1H3. The number of allylic oxidation sites excluding steroid dienone is 1. The molecular formula is C25H42F2O2. The zero-order valence-electron chi connectivity index (χ0n) is 18.4. The molecule has 4 heteroatoms. The molecule has 0 atom stereocenters. The lowest BCUT2D eigenvalue weighted by Crippen LogP contribution is -2.37. The summed E-state index contributed by atoms with van der Waals surface area (Å²) in [5.41, 5.74) is 0. The van der Waals surface area contributed by atoms with Crippen molar-refractivity contribution in [1.82, 2.24) is 0 Å². The summed E-state index contributed by atoms with van der Waals surface area (Å²) in [4.78, 5) is 0. The minimum Gasteiger partial charge on any atom is -0.352 e. The van der Waals surface area contributed by atoms with E-state index < -0.39 is 6.08 Å². The molecule has 1 heterocycles. The molecule has 0 aromatic heterocycles. The second-order valence-corrected chi connectivity index (χ2v) is 9.95. The fourth-order valence-corrected chi connectivity index (χ4v) is 5.92. The summed E-state index contributed by atoms with van der Waals surface area (Å²) in [6.07, 6.45) is 16.6. The monoisotopic (exact) mass is 412 g/mol. The van der Waals surface area contributed by atoms with Gasteiger partial charge in [-0.05, 0) is 81.1 Å². The van der Waals surface area contributed by atoms with E-state index in [0.717, 1.165) is 75.6 Å². The highest BCUT2D eigenvalue weighted by Gasteiger charge is 2.31. The van der Waals surface area contributed by atoms with Crippen molar-refractivity contribution in [3.63, 3.8) is 0 Å². The van der Waals surface area contributed by atoms with Crippen LogP contribution in [0.4, 0.5) is 8.78 Å². The molecule has 3 aliphatic rings. The largest absolute Gasteiger partial charge is 0.352 e. The van der Waals surface area contributed by atoms with Gasteiger partial charge in [0.05, 0.1) is 13.2 Å². The molecule has 0 spiro atoms. The molecule has 1 aliphatic heterocycles. The number of rotatable bonds is 9. The molecule has 0 radical (unpaired) electrons. The van der Waals surface area contributed by atoms with Crippen molar-refractivity contribution in [3.05, 3.63) is 12.2 Å². The zero-order valence-corrected chi connectivity index (χ0v) is 18.4. The zero-order chi connectivity index (χ0) is 20.5. The molecule has 0 unspecified atom stereocenters. The molecule has 0 aromatic carbocycles. The average molecular weight is 413 g/mol. The lowest BCUT2D eigenvalue weighted by atomic mass is 9.75.